The van der Waals surface area contributed by atoms with Gasteiger partial charge in [0.25, 0.3) is 5.91 Å². The highest BCUT2D eigenvalue weighted by Gasteiger charge is 2.20. The highest BCUT2D eigenvalue weighted by molar-refractivity contribution is 14.1. The number of nitrogens with one attached hydrogen (secondary N) is 1. The summed E-state index contributed by atoms with van der Waals surface area (Å²) in [5.41, 5.74) is 4.49. The molecule has 5 rings (SSSR count). The van der Waals surface area contributed by atoms with Gasteiger partial charge in [-0.05, 0) is 59.0 Å². The Morgan fingerprint density at radius 2 is 1.52 bits per heavy atom. The van der Waals surface area contributed by atoms with Gasteiger partial charge in [-0.25, -0.2) is 0 Å². The van der Waals surface area contributed by atoms with Gasteiger partial charge in [0.15, 0.2) is 0 Å². The van der Waals surface area contributed by atoms with Crippen LogP contribution in [0.15, 0.2) is 84.9 Å². The second-order valence-corrected chi connectivity index (χ2v) is 7.64. The van der Waals surface area contributed by atoms with E-state index in [0.29, 0.717) is 5.56 Å². The minimum absolute atomic E-state index is 0.0187. The van der Waals surface area contributed by atoms with Crippen LogP contribution < -0.4 is 0 Å². The van der Waals surface area contributed by atoms with E-state index in [0.717, 1.165) is 36.8 Å². The van der Waals surface area contributed by atoms with Crippen LogP contribution in [0.3, 0.4) is 0 Å². The van der Waals surface area contributed by atoms with E-state index >= 15 is 0 Å². The molecule has 0 aliphatic heterocycles. The fraction of sp³-hybridized carbons (Fsp3) is 0. The molecule has 0 saturated carbocycles. The van der Waals surface area contributed by atoms with Gasteiger partial charge in [-0.3, -0.25) is 9.36 Å². The lowest BCUT2D eigenvalue weighted by atomic mass is 10.2. The summed E-state index contributed by atoms with van der Waals surface area (Å²) >= 11 is 2.22. The van der Waals surface area contributed by atoms with Gasteiger partial charge >= 0.3 is 0 Å². The first-order valence-corrected chi connectivity index (χ1v) is 9.78. The average Bonchev–Trinajstić information content (AvgIpc) is 3.29. The predicted molar refractivity (Wildman–Crippen MR) is 118 cm³/mol. The number of benzene rings is 3. The van der Waals surface area contributed by atoms with Gasteiger partial charge < -0.3 is 4.98 Å². The number of aromatic amines is 1. The van der Waals surface area contributed by atoms with E-state index < -0.39 is 0 Å². The van der Waals surface area contributed by atoms with Crippen LogP contribution in [0.4, 0.5) is 0 Å². The number of H-pyrrole nitrogens is 1. The van der Waals surface area contributed by atoms with Gasteiger partial charge in [0.1, 0.15) is 0 Å². The van der Waals surface area contributed by atoms with Crippen LogP contribution in [-0.4, -0.2) is 15.5 Å². The molecule has 130 valence electrons. The van der Waals surface area contributed by atoms with Crippen LogP contribution in [-0.2, 0) is 0 Å². The molecule has 5 aromatic rings. The average molecular weight is 462 g/mol. The lowest BCUT2D eigenvalue weighted by molar-refractivity contribution is 0.0966. The van der Waals surface area contributed by atoms with Crippen LogP contribution >= 0.6 is 22.6 Å². The SMILES string of the molecule is O=C(c1ccccc1I)n1c(-c2cc3ccccc3[nH]2)cc2ccccc21. The van der Waals surface area contributed by atoms with Crippen molar-refractivity contribution in [1.82, 2.24) is 9.55 Å². The van der Waals surface area contributed by atoms with E-state index in [1.165, 1.54) is 0 Å². The first-order valence-electron chi connectivity index (χ1n) is 8.70. The number of aromatic nitrogens is 2. The molecule has 2 aromatic heterocycles. The predicted octanol–water partition coefficient (Wildman–Crippen LogP) is 6.08. The van der Waals surface area contributed by atoms with Crippen molar-refractivity contribution in [3.8, 4) is 11.4 Å². The number of para-hydroxylation sites is 2. The quantitative estimate of drug-likeness (QED) is 0.317. The maximum Gasteiger partial charge on any atom is 0.263 e. The van der Waals surface area contributed by atoms with Crippen molar-refractivity contribution in [3.63, 3.8) is 0 Å². The van der Waals surface area contributed by atoms with Crippen LogP contribution in [0.1, 0.15) is 10.4 Å². The molecule has 0 amide bonds. The highest BCUT2D eigenvalue weighted by Crippen LogP contribution is 2.31. The van der Waals surface area contributed by atoms with Crippen molar-refractivity contribution in [2.24, 2.45) is 0 Å². The number of carbonyl (C=O) groups is 1. The maximum atomic E-state index is 13.5. The number of rotatable bonds is 2. The van der Waals surface area contributed by atoms with Crippen molar-refractivity contribution in [2.45, 2.75) is 0 Å². The molecule has 0 atom stereocenters. The van der Waals surface area contributed by atoms with Gasteiger partial charge in [-0.1, -0.05) is 48.5 Å². The minimum Gasteiger partial charge on any atom is -0.353 e. The summed E-state index contributed by atoms with van der Waals surface area (Å²) in [5.74, 6) is -0.0187. The van der Waals surface area contributed by atoms with Gasteiger partial charge in [0.2, 0.25) is 0 Å². The first kappa shape index (κ1) is 16.3. The van der Waals surface area contributed by atoms with E-state index in [4.69, 9.17) is 0 Å². The summed E-state index contributed by atoms with van der Waals surface area (Å²) in [4.78, 5) is 17.0. The molecule has 0 saturated heterocycles. The van der Waals surface area contributed by atoms with Crippen molar-refractivity contribution < 1.29 is 4.79 Å². The van der Waals surface area contributed by atoms with Crippen LogP contribution in [0, 0.1) is 3.57 Å². The minimum atomic E-state index is -0.0187. The van der Waals surface area contributed by atoms with Crippen molar-refractivity contribution in [2.75, 3.05) is 0 Å². The summed E-state index contributed by atoms with van der Waals surface area (Å²) in [5, 5.41) is 2.18. The van der Waals surface area contributed by atoms with Crippen LogP contribution in [0.5, 0.6) is 0 Å². The molecule has 0 bridgehead atoms. The number of hydrogen-bond donors (Lipinski definition) is 1. The Morgan fingerprint density at radius 1 is 0.815 bits per heavy atom. The fourth-order valence-electron chi connectivity index (χ4n) is 3.54. The molecular weight excluding hydrogens is 447 g/mol. The summed E-state index contributed by atoms with van der Waals surface area (Å²) < 4.78 is 2.76. The summed E-state index contributed by atoms with van der Waals surface area (Å²) in [6.07, 6.45) is 0. The molecule has 0 fully saturated rings. The lowest BCUT2D eigenvalue weighted by Gasteiger charge is -2.10. The van der Waals surface area contributed by atoms with Crippen molar-refractivity contribution >= 4 is 50.3 Å². The Hall–Kier alpha value is -2.86. The highest BCUT2D eigenvalue weighted by atomic mass is 127. The van der Waals surface area contributed by atoms with Crippen molar-refractivity contribution in [3.05, 3.63) is 94.1 Å². The fourth-order valence-corrected chi connectivity index (χ4v) is 4.16. The van der Waals surface area contributed by atoms with Crippen LogP contribution in [0.25, 0.3) is 33.2 Å². The summed E-state index contributed by atoms with van der Waals surface area (Å²) in [6, 6.07) is 28.0. The molecule has 27 heavy (non-hydrogen) atoms. The Bertz CT molecular complexity index is 1280. The topological polar surface area (TPSA) is 37.8 Å². The zero-order valence-electron chi connectivity index (χ0n) is 14.3. The number of nitrogens with zero attached hydrogens (tertiary/aromatic N) is 1. The third kappa shape index (κ3) is 2.68. The smallest absolute Gasteiger partial charge is 0.263 e. The van der Waals surface area contributed by atoms with Gasteiger partial charge in [0.05, 0.1) is 22.5 Å². The van der Waals surface area contributed by atoms with Gasteiger partial charge in [0, 0.05) is 19.9 Å². The second-order valence-electron chi connectivity index (χ2n) is 6.48. The molecule has 0 unspecified atom stereocenters. The van der Waals surface area contributed by atoms with E-state index in [2.05, 4.69) is 45.8 Å². The first-order chi connectivity index (χ1) is 13.2. The number of carbonyl (C=O) groups excluding carboxylic acids is 1. The molecule has 3 aromatic carbocycles. The zero-order valence-corrected chi connectivity index (χ0v) is 16.5. The maximum absolute atomic E-state index is 13.5. The van der Waals surface area contributed by atoms with Gasteiger partial charge in [-0.15, -0.1) is 0 Å². The summed E-state index contributed by atoms with van der Waals surface area (Å²) in [7, 11) is 0. The number of fused-ring (bicyclic) bond motifs is 2. The molecular formula is C23H15IN2O. The zero-order chi connectivity index (χ0) is 18.4. The molecule has 4 heteroatoms. The standard InChI is InChI=1S/C23H15IN2O/c24-18-10-4-3-9-17(18)23(27)26-21-12-6-2-8-16(21)14-22(26)20-13-15-7-1-5-11-19(15)25-20/h1-14,25H. The van der Waals surface area contributed by atoms with Crippen LogP contribution in [0.2, 0.25) is 0 Å². The lowest BCUT2D eigenvalue weighted by Crippen LogP contribution is -2.14. The van der Waals surface area contributed by atoms with E-state index in [1.54, 1.807) is 0 Å². The molecule has 3 nitrogen and oxygen atoms in total. The van der Waals surface area contributed by atoms with E-state index in [-0.39, 0.29) is 5.91 Å². The molecule has 0 aliphatic rings. The molecule has 1 N–H and O–H groups in total. The van der Waals surface area contributed by atoms with Crippen molar-refractivity contribution in [1.29, 1.82) is 0 Å². The Labute approximate surface area is 169 Å². The molecule has 0 spiro atoms. The number of halogens is 1. The normalized spacial score (nSPS) is 11.3. The number of hydrogen-bond acceptors (Lipinski definition) is 1. The molecule has 0 aliphatic carbocycles. The van der Waals surface area contributed by atoms with E-state index in [1.807, 2.05) is 71.3 Å². The molecule has 2 heterocycles. The third-order valence-corrected chi connectivity index (χ3v) is 5.76. The summed E-state index contributed by atoms with van der Waals surface area (Å²) in [6.45, 7) is 0. The van der Waals surface area contributed by atoms with Gasteiger partial charge in [-0.2, -0.15) is 0 Å². The molecule has 0 radical (unpaired) electrons. The Balaban J connectivity index is 1.79. The third-order valence-electron chi connectivity index (χ3n) is 4.82. The monoisotopic (exact) mass is 462 g/mol. The largest absolute Gasteiger partial charge is 0.353 e. The second kappa shape index (κ2) is 6.39. The Kier molecular flexibility index (Phi) is 3.86. The van der Waals surface area contributed by atoms with E-state index in [9.17, 15) is 4.79 Å². The Morgan fingerprint density at radius 3 is 2.33 bits per heavy atom.